The number of urea groups is 1. The van der Waals surface area contributed by atoms with Crippen molar-refractivity contribution < 1.29 is 23.1 Å². The van der Waals surface area contributed by atoms with E-state index in [9.17, 15) is 14.9 Å². The van der Waals surface area contributed by atoms with E-state index in [1.165, 1.54) is 0 Å². The van der Waals surface area contributed by atoms with Gasteiger partial charge in [-0.2, -0.15) is 5.26 Å². The van der Waals surface area contributed by atoms with Crippen LogP contribution in [0.25, 0.3) is 17.2 Å². The van der Waals surface area contributed by atoms with Gasteiger partial charge in [0.25, 0.3) is 5.92 Å². The number of ether oxygens (including phenoxy) is 1. The van der Waals surface area contributed by atoms with Gasteiger partial charge < -0.3 is 15.4 Å². The number of rotatable bonds is 5. The molecular weight excluding hydrogens is 502 g/mol. The number of halogens is 2. The summed E-state index contributed by atoms with van der Waals surface area (Å²) in [5.41, 5.74) is -1.66. The van der Waals surface area contributed by atoms with Crippen LogP contribution in [0.4, 0.5) is 13.6 Å². The highest BCUT2D eigenvalue weighted by Gasteiger charge is 2.87. The number of carbonyl (C=O) groups excluding carboxylic acids is 2. The number of carbonyl (C=O) groups is 2. The number of nitrogens with one attached hydrogen (secondary N) is 2. The maximum Gasteiger partial charge on any atom is 0.332 e. The van der Waals surface area contributed by atoms with Crippen molar-refractivity contribution in [3.8, 4) is 17.2 Å². The molecule has 2 heterocycles. The van der Waals surface area contributed by atoms with Crippen molar-refractivity contribution in [3.05, 3.63) is 59.9 Å². The van der Waals surface area contributed by atoms with E-state index in [4.69, 9.17) is 4.74 Å². The monoisotopic (exact) mass is 532 g/mol. The first kappa shape index (κ1) is 25.5. The highest BCUT2D eigenvalue weighted by Crippen LogP contribution is 2.81. The molecule has 1 aromatic carbocycles. The fourth-order valence-electron chi connectivity index (χ4n) is 7.15. The molecule has 39 heavy (non-hydrogen) atoms. The number of cyclic esters (lactones) is 1. The van der Waals surface area contributed by atoms with Gasteiger partial charge in [-0.1, -0.05) is 37.3 Å². The van der Waals surface area contributed by atoms with E-state index in [-0.39, 0.29) is 12.5 Å². The van der Waals surface area contributed by atoms with Crippen LogP contribution in [-0.2, 0) is 9.53 Å². The lowest BCUT2D eigenvalue weighted by Gasteiger charge is -2.47. The molecule has 0 spiro atoms. The number of benzene rings is 1. The molecule has 3 saturated carbocycles. The van der Waals surface area contributed by atoms with Gasteiger partial charge in [-0.3, -0.25) is 4.98 Å². The number of pyridine rings is 1. The number of allylic oxidation sites excluding steroid dienone is 1. The standard InChI is InChI=1S/C30H30F2N4O3/c1-18-24-28(13-12-21-11-10-20(15-34-21)23-9-4-3-6-19(23)14-33)16-27(28,2)30(31,32)17-29(24,25(37)39-18)36-26(38)35-22-7-5-8-22/h3-4,6,9-13,15,18,22,24H,5,7-8,16-17H2,1-2H3,(H2,35,36,38)/b13-12+/t18-,24+,27-,28?,29+/m1/s1. The van der Waals surface area contributed by atoms with Crippen LogP contribution < -0.4 is 10.6 Å². The van der Waals surface area contributed by atoms with E-state index in [2.05, 4.69) is 21.7 Å². The predicted molar refractivity (Wildman–Crippen MR) is 139 cm³/mol. The number of nitrogens with zero attached hydrogens (tertiary/aromatic N) is 2. The molecule has 1 saturated heterocycles. The lowest BCUT2D eigenvalue weighted by Crippen LogP contribution is -2.67. The first-order valence-electron chi connectivity index (χ1n) is 13.4. The quantitative estimate of drug-likeness (QED) is 0.514. The van der Waals surface area contributed by atoms with E-state index >= 15 is 8.78 Å². The van der Waals surface area contributed by atoms with E-state index in [0.29, 0.717) is 11.3 Å². The number of amides is 2. The Labute approximate surface area is 225 Å². The summed E-state index contributed by atoms with van der Waals surface area (Å²) in [6.07, 6.45) is 6.50. The molecule has 2 N–H and O–H groups in total. The van der Waals surface area contributed by atoms with Crippen LogP contribution >= 0.6 is 0 Å². The summed E-state index contributed by atoms with van der Waals surface area (Å²) >= 11 is 0. The maximum absolute atomic E-state index is 15.8. The molecule has 7 nitrogen and oxygen atoms in total. The van der Waals surface area contributed by atoms with E-state index in [1.807, 2.05) is 18.2 Å². The number of aromatic nitrogens is 1. The van der Waals surface area contributed by atoms with Crippen molar-refractivity contribution in [2.24, 2.45) is 16.7 Å². The van der Waals surface area contributed by atoms with Gasteiger partial charge in [0, 0.05) is 46.5 Å². The Morgan fingerprint density at radius 3 is 2.64 bits per heavy atom. The smallest absolute Gasteiger partial charge is 0.332 e. The molecular formula is C30H30F2N4O3. The van der Waals surface area contributed by atoms with E-state index in [0.717, 1.165) is 30.4 Å². The second-order valence-electron chi connectivity index (χ2n) is 11.7. The predicted octanol–water partition coefficient (Wildman–Crippen LogP) is 5.22. The van der Waals surface area contributed by atoms with Crippen LogP contribution in [0.5, 0.6) is 0 Å². The van der Waals surface area contributed by atoms with Gasteiger partial charge >= 0.3 is 12.0 Å². The lowest BCUT2D eigenvalue weighted by molar-refractivity contribution is -0.160. The highest BCUT2D eigenvalue weighted by atomic mass is 19.3. The topological polar surface area (TPSA) is 104 Å². The zero-order chi connectivity index (χ0) is 27.6. The Hall–Kier alpha value is -3.80. The minimum absolute atomic E-state index is 0.00647. The zero-order valence-electron chi connectivity index (χ0n) is 21.8. The summed E-state index contributed by atoms with van der Waals surface area (Å²) in [7, 11) is 0. The van der Waals surface area contributed by atoms with Crippen LogP contribution in [-0.4, -0.2) is 40.6 Å². The fraction of sp³-hybridized carbons (Fsp3) is 0.467. The summed E-state index contributed by atoms with van der Waals surface area (Å²) < 4.78 is 37.2. The largest absolute Gasteiger partial charge is 0.460 e. The van der Waals surface area contributed by atoms with Crippen LogP contribution in [0.15, 0.2) is 48.7 Å². The summed E-state index contributed by atoms with van der Waals surface area (Å²) in [5, 5.41) is 14.9. The van der Waals surface area contributed by atoms with Crippen molar-refractivity contribution in [1.29, 1.82) is 5.26 Å². The number of nitriles is 1. The number of hydrogen-bond acceptors (Lipinski definition) is 5. The maximum atomic E-state index is 15.8. The Morgan fingerprint density at radius 2 is 1.97 bits per heavy atom. The van der Waals surface area contributed by atoms with Crippen LogP contribution in [0.3, 0.4) is 0 Å². The zero-order valence-corrected chi connectivity index (χ0v) is 21.8. The normalized spacial score (nSPS) is 34.3. The summed E-state index contributed by atoms with van der Waals surface area (Å²) in [5.74, 6) is -4.67. The van der Waals surface area contributed by atoms with Crippen LogP contribution in [0.1, 0.15) is 57.2 Å². The van der Waals surface area contributed by atoms with Gasteiger partial charge in [0.1, 0.15) is 6.10 Å². The molecule has 4 fully saturated rings. The third-order valence-corrected chi connectivity index (χ3v) is 9.54. The molecule has 2 amide bonds. The molecule has 5 atom stereocenters. The van der Waals surface area contributed by atoms with Crippen molar-refractivity contribution in [1.82, 2.24) is 15.6 Å². The molecule has 9 heteroatoms. The van der Waals surface area contributed by atoms with Crippen LogP contribution in [0, 0.1) is 28.1 Å². The number of hydrogen-bond donors (Lipinski definition) is 2. The molecule has 6 rings (SSSR count). The summed E-state index contributed by atoms with van der Waals surface area (Å²) in [4.78, 5) is 30.6. The Balaban J connectivity index is 1.32. The summed E-state index contributed by atoms with van der Waals surface area (Å²) in [6.45, 7) is 3.27. The van der Waals surface area contributed by atoms with Crippen molar-refractivity contribution >= 4 is 18.1 Å². The molecule has 1 aliphatic heterocycles. The van der Waals surface area contributed by atoms with E-state index in [1.54, 1.807) is 50.4 Å². The minimum Gasteiger partial charge on any atom is -0.460 e. The molecule has 3 aliphatic carbocycles. The molecule has 0 bridgehead atoms. The van der Waals surface area contributed by atoms with Gasteiger partial charge in [-0.25, -0.2) is 18.4 Å². The highest BCUT2D eigenvalue weighted by molar-refractivity contribution is 5.91. The van der Waals surface area contributed by atoms with Crippen molar-refractivity contribution in [2.45, 2.75) is 69.6 Å². The second kappa shape index (κ2) is 8.60. The Kier molecular flexibility index (Phi) is 5.62. The van der Waals surface area contributed by atoms with E-state index < -0.39 is 52.7 Å². The molecule has 2 aromatic rings. The molecule has 1 unspecified atom stereocenters. The molecule has 4 aliphatic rings. The van der Waals surface area contributed by atoms with Gasteiger partial charge in [0.05, 0.1) is 17.3 Å². The average Bonchev–Trinajstić information content (AvgIpc) is 3.44. The fourth-order valence-corrected chi connectivity index (χ4v) is 7.15. The van der Waals surface area contributed by atoms with Gasteiger partial charge in [0.15, 0.2) is 5.54 Å². The van der Waals surface area contributed by atoms with Crippen molar-refractivity contribution in [2.75, 3.05) is 0 Å². The molecule has 202 valence electrons. The number of fused-ring (bicyclic) bond motifs is 3. The van der Waals surface area contributed by atoms with Gasteiger partial charge in [-0.05, 0) is 50.8 Å². The summed E-state index contributed by atoms with van der Waals surface area (Å²) in [6, 6.07) is 12.4. The Bertz CT molecular complexity index is 1420. The van der Waals surface area contributed by atoms with Gasteiger partial charge in [0.2, 0.25) is 0 Å². The second-order valence-corrected chi connectivity index (χ2v) is 11.7. The third-order valence-electron chi connectivity index (χ3n) is 9.54. The van der Waals surface area contributed by atoms with Crippen LogP contribution in [0.2, 0.25) is 0 Å². The molecule has 1 aromatic heterocycles. The molecule has 0 radical (unpaired) electrons. The average molecular weight is 533 g/mol. The van der Waals surface area contributed by atoms with Gasteiger partial charge in [-0.15, -0.1) is 0 Å². The minimum atomic E-state index is -3.21. The first-order valence-corrected chi connectivity index (χ1v) is 13.4. The number of esters is 1. The Morgan fingerprint density at radius 1 is 1.21 bits per heavy atom. The third kappa shape index (κ3) is 3.68. The number of alkyl halides is 2. The lowest BCUT2D eigenvalue weighted by atomic mass is 9.60. The first-order chi connectivity index (χ1) is 18.6. The SMILES string of the molecule is C[C@H]1OC(=O)[C@]2(NC(=O)NC3CCC3)CC(F)(F)[C@]3(C)CC3(/C=C/c3ccc(-c4ccccc4C#N)cn3)[C@H]12. The van der Waals surface area contributed by atoms with Crippen molar-refractivity contribution in [3.63, 3.8) is 0 Å².